The fraction of sp³-hybridized carbons (Fsp3) is 0.440. The number of anilines is 1. The number of hydrazone groups is 1. The van der Waals surface area contributed by atoms with Crippen LogP contribution in [0, 0.1) is 0 Å². The quantitative estimate of drug-likeness (QED) is 0.643. The molecule has 0 heterocycles. The summed E-state index contributed by atoms with van der Waals surface area (Å²) in [7, 11) is 0. The molecule has 0 spiro atoms. The number of nitrogens with one attached hydrogen (secondary N) is 1. The molecule has 29 heavy (non-hydrogen) atoms. The summed E-state index contributed by atoms with van der Waals surface area (Å²) in [5.74, 6) is -0.917. The number of benzene rings is 2. The number of carbonyl (C=O) groups is 1. The van der Waals surface area contributed by atoms with Crippen molar-refractivity contribution in [2.45, 2.75) is 70.6 Å². The van der Waals surface area contributed by atoms with Crippen LogP contribution >= 0.6 is 0 Å². The molecule has 0 amide bonds. The van der Waals surface area contributed by atoms with Gasteiger partial charge in [-0.2, -0.15) is 5.10 Å². The Balaban J connectivity index is 1.69. The van der Waals surface area contributed by atoms with Crippen LogP contribution in [0.25, 0.3) is 0 Å². The molecule has 4 heteroatoms. The van der Waals surface area contributed by atoms with Crippen molar-refractivity contribution in [3.05, 3.63) is 64.2 Å². The van der Waals surface area contributed by atoms with Crippen molar-refractivity contribution in [3.8, 4) is 0 Å². The summed E-state index contributed by atoms with van der Waals surface area (Å²) in [6.45, 7) is 9.45. The number of carboxylic acids is 1. The summed E-state index contributed by atoms with van der Waals surface area (Å²) in [5, 5.41) is 13.8. The average Bonchev–Trinajstić information content (AvgIpc) is 2.69. The van der Waals surface area contributed by atoms with E-state index in [-0.39, 0.29) is 16.4 Å². The van der Waals surface area contributed by atoms with Gasteiger partial charge in [0.05, 0.1) is 17.0 Å². The zero-order valence-electron chi connectivity index (χ0n) is 17.8. The predicted molar refractivity (Wildman–Crippen MR) is 118 cm³/mol. The Hall–Kier alpha value is -2.62. The maximum Gasteiger partial charge on any atom is 0.335 e. The number of aromatic carboxylic acids is 1. The second-order valence-corrected chi connectivity index (χ2v) is 9.73. The first kappa shape index (κ1) is 19.7. The summed E-state index contributed by atoms with van der Waals surface area (Å²) >= 11 is 0. The molecule has 4 rings (SSSR count). The molecule has 0 radical (unpaired) electrons. The van der Waals surface area contributed by atoms with E-state index in [9.17, 15) is 4.79 Å². The molecule has 2 aromatic carbocycles. The number of aryl methyl sites for hydroxylation is 1. The molecule has 0 aliphatic heterocycles. The summed E-state index contributed by atoms with van der Waals surface area (Å²) in [6, 6.07) is 11.6. The molecule has 2 aliphatic rings. The van der Waals surface area contributed by atoms with Gasteiger partial charge in [-0.15, -0.1) is 0 Å². The van der Waals surface area contributed by atoms with E-state index in [0.717, 1.165) is 30.7 Å². The topological polar surface area (TPSA) is 61.7 Å². The second-order valence-electron chi connectivity index (χ2n) is 9.73. The molecule has 4 nitrogen and oxygen atoms in total. The Kier molecular flexibility index (Phi) is 4.76. The lowest BCUT2D eigenvalue weighted by Gasteiger charge is -2.43. The first-order valence-electron chi connectivity index (χ1n) is 10.5. The highest BCUT2D eigenvalue weighted by Gasteiger charge is 2.38. The van der Waals surface area contributed by atoms with Crippen LogP contribution < -0.4 is 5.43 Å². The van der Waals surface area contributed by atoms with Crippen LogP contribution in [-0.2, 0) is 17.3 Å². The first-order valence-corrected chi connectivity index (χ1v) is 10.5. The predicted octanol–water partition coefficient (Wildman–Crippen LogP) is 5.89. The highest BCUT2D eigenvalue weighted by atomic mass is 16.4. The zero-order valence-corrected chi connectivity index (χ0v) is 17.8. The van der Waals surface area contributed by atoms with E-state index >= 15 is 0 Å². The third-order valence-electron chi connectivity index (χ3n) is 6.70. The Labute approximate surface area is 173 Å². The maximum atomic E-state index is 11.0. The number of fused-ring (bicyclic) bond motifs is 2. The van der Waals surface area contributed by atoms with E-state index in [2.05, 4.69) is 45.3 Å². The normalized spacial score (nSPS) is 20.6. The van der Waals surface area contributed by atoms with Gasteiger partial charge in [-0.3, -0.25) is 5.43 Å². The Morgan fingerprint density at radius 1 is 0.966 bits per heavy atom. The van der Waals surface area contributed by atoms with Gasteiger partial charge < -0.3 is 5.11 Å². The van der Waals surface area contributed by atoms with Crippen LogP contribution in [0.1, 0.15) is 86.0 Å². The Bertz CT molecular complexity index is 985. The van der Waals surface area contributed by atoms with Gasteiger partial charge in [0.25, 0.3) is 0 Å². The molecule has 0 bridgehead atoms. The molecule has 0 saturated heterocycles. The molecule has 0 aromatic heterocycles. The van der Waals surface area contributed by atoms with E-state index in [0.29, 0.717) is 0 Å². The number of rotatable bonds is 3. The molecule has 2 aliphatic carbocycles. The van der Waals surface area contributed by atoms with Crippen molar-refractivity contribution in [1.82, 2.24) is 0 Å². The molecular weight excluding hydrogens is 360 g/mol. The van der Waals surface area contributed by atoms with Gasteiger partial charge >= 0.3 is 5.97 Å². The number of hydrogen-bond donors (Lipinski definition) is 2. The van der Waals surface area contributed by atoms with Crippen LogP contribution in [0.2, 0.25) is 0 Å². The fourth-order valence-corrected chi connectivity index (χ4v) is 4.65. The van der Waals surface area contributed by atoms with E-state index in [1.54, 1.807) is 24.3 Å². The van der Waals surface area contributed by atoms with Crippen LogP contribution in [0.3, 0.4) is 0 Å². The van der Waals surface area contributed by atoms with E-state index < -0.39 is 5.97 Å². The van der Waals surface area contributed by atoms with Gasteiger partial charge in [-0.25, -0.2) is 4.79 Å². The van der Waals surface area contributed by atoms with E-state index in [4.69, 9.17) is 10.2 Å². The summed E-state index contributed by atoms with van der Waals surface area (Å²) in [4.78, 5) is 11.0. The van der Waals surface area contributed by atoms with Gasteiger partial charge in [-0.05, 0) is 90.0 Å². The minimum Gasteiger partial charge on any atom is -0.478 e. The average molecular weight is 391 g/mol. The first-order chi connectivity index (χ1) is 13.7. The molecule has 0 atom stereocenters. The fourth-order valence-electron chi connectivity index (χ4n) is 4.65. The largest absolute Gasteiger partial charge is 0.478 e. The number of carboxylic acid groups (broad SMARTS) is 1. The highest BCUT2D eigenvalue weighted by molar-refractivity contribution is 6.03. The standard InChI is InChI=1S/C25H30N2O2/c1-24(2)12-13-25(3,4)21-15-19-17(14-20(21)24)6-5-7-22(19)27-26-18-10-8-16(9-11-18)23(28)29/h8-11,14-15,26H,5-7,12-13H2,1-4H3,(H,28,29)/b27-22-. The summed E-state index contributed by atoms with van der Waals surface area (Å²) in [6.07, 6.45) is 5.59. The van der Waals surface area contributed by atoms with Crippen molar-refractivity contribution in [2.24, 2.45) is 5.10 Å². The van der Waals surface area contributed by atoms with Crippen LogP contribution in [-0.4, -0.2) is 16.8 Å². The monoisotopic (exact) mass is 390 g/mol. The lowest BCUT2D eigenvalue weighted by molar-refractivity contribution is 0.0697. The lowest BCUT2D eigenvalue weighted by atomic mass is 9.62. The second kappa shape index (κ2) is 7.01. The van der Waals surface area contributed by atoms with Crippen LogP contribution in [0.4, 0.5) is 5.69 Å². The SMILES string of the molecule is CC1(C)CCC(C)(C)c2cc3c(cc21)CCC/C3=N/Nc1ccc(C(=O)O)cc1. The zero-order chi connectivity index (χ0) is 20.8. The van der Waals surface area contributed by atoms with Gasteiger partial charge in [0.1, 0.15) is 0 Å². The Morgan fingerprint density at radius 2 is 1.59 bits per heavy atom. The van der Waals surface area contributed by atoms with Crippen molar-refractivity contribution in [3.63, 3.8) is 0 Å². The maximum absolute atomic E-state index is 11.0. The third-order valence-corrected chi connectivity index (χ3v) is 6.70. The molecule has 2 aromatic rings. The van der Waals surface area contributed by atoms with Crippen molar-refractivity contribution in [2.75, 3.05) is 5.43 Å². The molecule has 0 saturated carbocycles. The minimum absolute atomic E-state index is 0.183. The summed E-state index contributed by atoms with van der Waals surface area (Å²) in [5.41, 5.74) is 11.4. The number of hydrogen-bond acceptors (Lipinski definition) is 3. The van der Waals surface area contributed by atoms with Crippen molar-refractivity contribution in [1.29, 1.82) is 0 Å². The molecular formula is C25H30N2O2. The molecule has 0 unspecified atom stereocenters. The smallest absolute Gasteiger partial charge is 0.335 e. The van der Waals surface area contributed by atoms with Gasteiger partial charge in [0, 0.05) is 5.56 Å². The van der Waals surface area contributed by atoms with Crippen molar-refractivity contribution < 1.29 is 9.90 Å². The van der Waals surface area contributed by atoms with E-state index in [1.807, 2.05) is 0 Å². The highest BCUT2D eigenvalue weighted by Crippen LogP contribution is 2.47. The van der Waals surface area contributed by atoms with Gasteiger partial charge in [-0.1, -0.05) is 33.8 Å². The molecule has 0 fully saturated rings. The van der Waals surface area contributed by atoms with Crippen LogP contribution in [0.15, 0.2) is 41.5 Å². The number of nitrogens with zero attached hydrogens (tertiary/aromatic N) is 1. The van der Waals surface area contributed by atoms with E-state index in [1.165, 1.54) is 35.1 Å². The van der Waals surface area contributed by atoms with Gasteiger partial charge in [0.2, 0.25) is 0 Å². The summed E-state index contributed by atoms with van der Waals surface area (Å²) < 4.78 is 0. The van der Waals surface area contributed by atoms with Crippen LogP contribution in [0.5, 0.6) is 0 Å². The van der Waals surface area contributed by atoms with Crippen molar-refractivity contribution >= 4 is 17.4 Å². The third kappa shape index (κ3) is 3.68. The lowest BCUT2D eigenvalue weighted by Crippen LogP contribution is -2.34. The minimum atomic E-state index is -0.917. The van der Waals surface area contributed by atoms with Gasteiger partial charge in [0.15, 0.2) is 0 Å². The molecule has 152 valence electrons. The Morgan fingerprint density at radius 3 is 2.21 bits per heavy atom. The molecule has 2 N–H and O–H groups in total.